The highest BCUT2D eigenvalue weighted by molar-refractivity contribution is 5.24. The zero-order valence-electron chi connectivity index (χ0n) is 6.44. The lowest BCUT2D eigenvalue weighted by molar-refractivity contribution is 0.468. The first-order valence-electron chi connectivity index (χ1n) is 3.50. The molecule has 0 aliphatic heterocycles. The number of rotatable bonds is 2. The number of aromatic nitrogens is 1. The monoisotopic (exact) mass is 160 g/mol. The average molecular weight is 160 g/mol. The third-order valence-corrected chi connectivity index (χ3v) is 1.40. The zero-order chi connectivity index (χ0) is 8.81. The molecule has 0 aliphatic carbocycles. The highest BCUT2D eigenvalue weighted by Crippen LogP contribution is 2.02. The van der Waals surface area contributed by atoms with Crippen molar-refractivity contribution in [2.24, 2.45) is 0 Å². The fourth-order valence-electron chi connectivity index (χ4n) is 0.812. The molecule has 3 heteroatoms. The van der Waals surface area contributed by atoms with Gasteiger partial charge in [-0.15, -0.1) is 0 Å². The Morgan fingerprint density at radius 1 is 1.67 bits per heavy atom. The van der Waals surface area contributed by atoms with Gasteiger partial charge < -0.3 is 5.11 Å². The van der Waals surface area contributed by atoms with Crippen LogP contribution in [-0.2, 0) is 6.42 Å². The topological polar surface area (TPSA) is 56.9 Å². The van der Waals surface area contributed by atoms with Gasteiger partial charge in [0.25, 0.3) is 0 Å². The Morgan fingerprint density at radius 3 is 3.00 bits per heavy atom. The number of nitriles is 1. The van der Waals surface area contributed by atoms with E-state index in [1.165, 1.54) is 0 Å². The fourth-order valence-corrected chi connectivity index (χ4v) is 0.812. The molecule has 3 nitrogen and oxygen atoms in total. The molecule has 0 radical (unpaired) electrons. The second kappa shape index (κ2) is 4.14. The molecular formula is C9H8N2O. The molecule has 1 N–H and O–H groups in total. The second-order valence-corrected chi connectivity index (χ2v) is 2.26. The first kappa shape index (κ1) is 8.28. The van der Waals surface area contributed by atoms with Crippen molar-refractivity contribution in [2.45, 2.75) is 6.42 Å². The van der Waals surface area contributed by atoms with Crippen molar-refractivity contribution in [3.05, 3.63) is 41.9 Å². The maximum Gasteiger partial charge on any atom is 0.0983 e. The van der Waals surface area contributed by atoms with E-state index in [0.717, 1.165) is 12.0 Å². The van der Waals surface area contributed by atoms with E-state index in [4.69, 9.17) is 10.4 Å². The van der Waals surface area contributed by atoms with Crippen molar-refractivity contribution in [2.75, 3.05) is 0 Å². The summed E-state index contributed by atoms with van der Waals surface area (Å²) >= 11 is 0. The fraction of sp³-hybridized carbons (Fsp3) is 0.111. The lowest BCUT2D eigenvalue weighted by Gasteiger charge is -1.95. The van der Waals surface area contributed by atoms with Crippen LogP contribution in [0.5, 0.6) is 0 Å². The van der Waals surface area contributed by atoms with Crippen LogP contribution in [0.3, 0.4) is 0 Å². The molecule has 0 amide bonds. The Labute approximate surface area is 70.6 Å². The maximum absolute atomic E-state index is 8.58. The summed E-state index contributed by atoms with van der Waals surface area (Å²) in [6.45, 7) is 0. The van der Waals surface area contributed by atoms with Crippen LogP contribution in [0.1, 0.15) is 5.69 Å². The van der Waals surface area contributed by atoms with Crippen LogP contribution in [0.25, 0.3) is 0 Å². The van der Waals surface area contributed by atoms with Gasteiger partial charge in [-0.3, -0.25) is 4.98 Å². The summed E-state index contributed by atoms with van der Waals surface area (Å²) in [6.07, 6.45) is 2.85. The Morgan fingerprint density at radius 2 is 2.50 bits per heavy atom. The predicted molar refractivity (Wildman–Crippen MR) is 44.3 cm³/mol. The van der Waals surface area contributed by atoms with Crippen LogP contribution >= 0.6 is 0 Å². The summed E-state index contributed by atoms with van der Waals surface area (Å²) in [7, 11) is 0. The van der Waals surface area contributed by atoms with Gasteiger partial charge in [-0.1, -0.05) is 6.07 Å². The Balaban J connectivity index is 2.72. The molecule has 0 saturated heterocycles. The van der Waals surface area contributed by atoms with Crippen LogP contribution in [0.2, 0.25) is 0 Å². The zero-order valence-corrected chi connectivity index (χ0v) is 6.44. The van der Waals surface area contributed by atoms with Crippen molar-refractivity contribution >= 4 is 0 Å². The number of aliphatic hydroxyl groups excluding tert-OH is 1. The van der Waals surface area contributed by atoms with Crippen LogP contribution in [0, 0.1) is 11.3 Å². The van der Waals surface area contributed by atoms with Gasteiger partial charge in [0, 0.05) is 18.3 Å². The molecule has 0 spiro atoms. The van der Waals surface area contributed by atoms with E-state index >= 15 is 0 Å². The summed E-state index contributed by atoms with van der Waals surface area (Å²) in [6, 6.07) is 7.32. The van der Waals surface area contributed by atoms with E-state index in [9.17, 15) is 0 Å². The minimum Gasteiger partial charge on any atom is -0.515 e. The molecule has 0 aromatic carbocycles. The molecule has 0 fully saturated rings. The molecule has 1 rings (SSSR count). The van der Waals surface area contributed by atoms with E-state index in [1.807, 2.05) is 12.1 Å². The van der Waals surface area contributed by atoms with Gasteiger partial charge in [-0.05, 0) is 12.1 Å². The highest BCUT2D eigenvalue weighted by Gasteiger charge is 1.97. The van der Waals surface area contributed by atoms with E-state index in [-0.39, 0.29) is 0 Å². The third kappa shape index (κ3) is 2.10. The van der Waals surface area contributed by atoms with E-state index in [0.29, 0.717) is 12.0 Å². The van der Waals surface area contributed by atoms with Gasteiger partial charge in [0.1, 0.15) is 0 Å². The first-order valence-corrected chi connectivity index (χ1v) is 3.50. The van der Waals surface area contributed by atoms with Gasteiger partial charge in [0.2, 0.25) is 0 Å². The molecule has 0 atom stereocenters. The molecule has 12 heavy (non-hydrogen) atoms. The maximum atomic E-state index is 8.58. The predicted octanol–water partition coefficient (Wildman–Crippen LogP) is 1.59. The van der Waals surface area contributed by atoms with Gasteiger partial charge >= 0.3 is 0 Å². The molecule has 0 bridgehead atoms. The van der Waals surface area contributed by atoms with Crippen molar-refractivity contribution in [3.8, 4) is 6.07 Å². The SMILES string of the molecule is N#C/C(=C\O)Cc1ccccn1. The number of hydrogen-bond acceptors (Lipinski definition) is 3. The highest BCUT2D eigenvalue weighted by atomic mass is 16.2. The molecule has 1 aromatic heterocycles. The van der Waals surface area contributed by atoms with Gasteiger partial charge in [-0.25, -0.2) is 0 Å². The van der Waals surface area contributed by atoms with Crippen LogP contribution in [-0.4, -0.2) is 10.1 Å². The molecule has 0 saturated carbocycles. The Hall–Kier alpha value is -1.82. The number of aliphatic hydroxyl groups is 1. The minimum absolute atomic E-state index is 0.314. The summed E-state index contributed by atoms with van der Waals surface area (Å²) < 4.78 is 0. The lowest BCUT2D eigenvalue weighted by Crippen LogP contribution is -1.90. The van der Waals surface area contributed by atoms with Crippen LogP contribution in [0.4, 0.5) is 0 Å². The summed E-state index contributed by atoms with van der Waals surface area (Å²) in [5, 5.41) is 17.1. The molecule has 0 unspecified atom stereocenters. The first-order chi connectivity index (χ1) is 5.86. The summed E-state index contributed by atoms with van der Waals surface area (Å²) in [4.78, 5) is 4.01. The lowest BCUT2D eigenvalue weighted by atomic mass is 10.1. The quantitative estimate of drug-likeness (QED) is 0.528. The van der Waals surface area contributed by atoms with E-state index in [2.05, 4.69) is 4.98 Å². The molecule has 1 aromatic rings. The van der Waals surface area contributed by atoms with E-state index < -0.39 is 0 Å². The van der Waals surface area contributed by atoms with Gasteiger partial charge in [-0.2, -0.15) is 5.26 Å². The minimum atomic E-state index is 0.314. The normalized spacial score (nSPS) is 10.8. The summed E-state index contributed by atoms with van der Waals surface area (Å²) in [5.41, 5.74) is 1.09. The molecule has 1 heterocycles. The second-order valence-electron chi connectivity index (χ2n) is 2.26. The number of allylic oxidation sites excluding steroid dienone is 1. The largest absolute Gasteiger partial charge is 0.515 e. The molecular weight excluding hydrogens is 152 g/mol. The standard InChI is InChI=1S/C9H8N2O/c10-6-8(7-12)5-9-3-1-2-4-11-9/h1-4,7,12H,5H2/b8-7-. The Bertz CT molecular complexity index is 311. The van der Waals surface area contributed by atoms with Crippen LogP contribution in [0.15, 0.2) is 36.2 Å². The number of pyridine rings is 1. The number of hydrogen-bond donors (Lipinski definition) is 1. The third-order valence-electron chi connectivity index (χ3n) is 1.40. The van der Waals surface area contributed by atoms with Crippen LogP contribution < -0.4 is 0 Å². The molecule has 0 aliphatic rings. The smallest absolute Gasteiger partial charge is 0.0983 e. The van der Waals surface area contributed by atoms with Gasteiger partial charge in [0.15, 0.2) is 0 Å². The average Bonchev–Trinajstić information content (AvgIpc) is 2.16. The molecule has 60 valence electrons. The van der Waals surface area contributed by atoms with Crippen molar-refractivity contribution in [1.82, 2.24) is 4.98 Å². The van der Waals surface area contributed by atoms with E-state index in [1.54, 1.807) is 18.3 Å². The number of nitrogens with zero attached hydrogens (tertiary/aromatic N) is 2. The summed E-state index contributed by atoms with van der Waals surface area (Å²) in [5.74, 6) is 0. The Kier molecular flexibility index (Phi) is 2.86. The van der Waals surface area contributed by atoms with Crippen molar-refractivity contribution in [1.29, 1.82) is 5.26 Å². The van der Waals surface area contributed by atoms with Crippen molar-refractivity contribution < 1.29 is 5.11 Å². The van der Waals surface area contributed by atoms with Gasteiger partial charge in [0.05, 0.1) is 17.9 Å². The van der Waals surface area contributed by atoms with Crippen molar-refractivity contribution in [3.63, 3.8) is 0 Å².